The molecule has 4 nitrogen and oxygen atoms in total. The molecule has 0 saturated carbocycles. The smallest absolute Gasteiger partial charge is 0.238 e. The fourth-order valence-electron chi connectivity index (χ4n) is 2.36. The highest BCUT2D eigenvalue weighted by molar-refractivity contribution is 5.80. The van der Waals surface area contributed by atoms with Crippen molar-refractivity contribution in [3.63, 3.8) is 0 Å². The van der Waals surface area contributed by atoms with Gasteiger partial charge >= 0.3 is 0 Å². The molecule has 1 saturated heterocycles. The first-order valence-corrected chi connectivity index (χ1v) is 7.19. The molecule has 1 aliphatic heterocycles. The minimum Gasteiger partial charge on any atom is -0.381 e. The van der Waals surface area contributed by atoms with Crippen molar-refractivity contribution in [3.8, 4) is 0 Å². The number of halogens is 2. The summed E-state index contributed by atoms with van der Waals surface area (Å²) in [4.78, 5) is 13.5. The molecule has 1 N–H and O–H groups in total. The van der Waals surface area contributed by atoms with Crippen LogP contribution in [0.4, 0.5) is 8.78 Å². The van der Waals surface area contributed by atoms with Gasteiger partial charge in [0, 0.05) is 19.8 Å². The lowest BCUT2D eigenvalue weighted by Gasteiger charge is -2.24. The minimum absolute atomic E-state index is 0.0415. The molecular weight excluding hydrogens is 278 g/mol. The Hall–Kier alpha value is -1.53. The van der Waals surface area contributed by atoms with Crippen molar-refractivity contribution in [3.05, 3.63) is 35.4 Å². The number of ether oxygens (including phenoxy) is 1. The lowest BCUT2D eigenvalue weighted by molar-refractivity contribution is -0.128. The molecule has 0 aliphatic carbocycles. The summed E-state index contributed by atoms with van der Waals surface area (Å²) in [5.74, 6) is -1.83. The Balaban J connectivity index is 1.97. The van der Waals surface area contributed by atoms with E-state index in [4.69, 9.17) is 4.74 Å². The zero-order valence-corrected chi connectivity index (χ0v) is 12.1. The van der Waals surface area contributed by atoms with E-state index in [1.807, 2.05) is 6.92 Å². The largest absolute Gasteiger partial charge is 0.381 e. The third kappa shape index (κ3) is 3.98. The number of amides is 1. The first kappa shape index (κ1) is 15.9. The van der Waals surface area contributed by atoms with Crippen LogP contribution in [-0.2, 0) is 9.53 Å². The second-order valence-corrected chi connectivity index (χ2v) is 5.01. The summed E-state index contributed by atoms with van der Waals surface area (Å²) in [6.45, 7) is 4.06. The van der Waals surface area contributed by atoms with Crippen molar-refractivity contribution in [1.82, 2.24) is 10.2 Å². The zero-order valence-electron chi connectivity index (χ0n) is 12.1. The summed E-state index contributed by atoms with van der Waals surface area (Å²) in [6.07, 6.45) is 1.27. The molecule has 6 heteroatoms. The van der Waals surface area contributed by atoms with Crippen molar-refractivity contribution >= 4 is 5.91 Å². The van der Waals surface area contributed by atoms with Gasteiger partial charge in [0.25, 0.3) is 0 Å². The molecule has 0 aromatic heterocycles. The summed E-state index contributed by atoms with van der Waals surface area (Å²) in [7, 11) is 0. The van der Waals surface area contributed by atoms with E-state index in [-0.39, 0.29) is 12.5 Å². The van der Waals surface area contributed by atoms with Crippen molar-refractivity contribution < 1.29 is 18.3 Å². The van der Waals surface area contributed by atoms with Gasteiger partial charge in [0.1, 0.15) is 6.17 Å². The maximum absolute atomic E-state index is 13.3. The summed E-state index contributed by atoms with van der Waals surface area (Å²) < 4.78 is 31.7. The molecule has 1 fully saturated rings. The number of rotatable bonds is 7. The van der Waals surface area contributed by atoms with Gasteiger partial charge in [-0.3, -0.25) is 10.1 Å². The van der Waals surface area contributed by atoms with E-state index < -0.39 is 17.8 Å². The second-order valence-electron chi connectivity index (χ2n) is 5.01. The normalized spacial score (nSPS) is 18.5. The monoisotopic (exact) mass is 298 g/mol. The SMILES string of the molecule is CCCOCCCN1C(=O)CNC1c1ccc(F)c(F)c1. The van der Waals surface area contributed by atoms with E-state index >= 15 is 0 Å². The van der Waals surface area contributed by atoms with E-state index in [1.54, 1.807) is 4.90 Å². The minimum atomic E-state index is -0.903. The van der Waals surface area contributed by atoms with E-state index in [1.165, 1.54) is 6.07 Å². The molecule has 0 radical (unpaired) electrons. The zero-order chi connectivity index (χ0) is 15.2. The maximum Gasteiger partial charge on any atom is 0.238 e. The van der Waals surface area contributed by atoms with Gasteiger partial charge in [-0.15, -0.1) is 0 Å². The first-order chi connectivity index (χ1) is 10.1. The maximum atomic E-state index is 13.3. The van der Waals surface area contributed by atoms with Gasteiger partial charge in [0.15, 0.2) is 11.6 Å². The average molecular weight is 298 g/mol. The molecule has 21 heavy (non-hydrogen) atoms. The third-order valence-corrected chi connectivity index (χ3v) is 3.37. The Morgan fingerprint density at radius 3 is 2.86 bits per heavy atom. The molecule has 0 spiro atoms. The molecule has 1 amide bonds. The standard InChI is InChI=1S/C15H20F2N2O2/c1-2-7-21-8-3-6-19-14(20)10-18-15(19)11-4-5-12(16)13(17)9-11/h4-5,9,15,18H,2-3,6-8,10H2,1H3. The van der Waals surface area contributed by atoms with E-state index in [0.29, 0.717) is 31.7 Å². The average Bonchev–Trinajstić information content (AvgIpc) is 2.83. The molecule has 1 aromatic rings. The number of benzene rings is 1. The number of carbonyl (C=O) groups is 1. The first-order valence-electron chi connectivity index (χ1n) is 7.19. The highest BCUT2D eigenvalue weighted by Gasteiger charge is 2.31. The van der Waals surface area contributed by atoms with Crippen molar-refractivity contribution in [1.29, 1.82) is 0 Å². The quantitative estimate of drug-likeness (QED) is 0.785. The fourth-order valence-corrected chi connectivity index (χ4v) is 2.36. The van der Waals surface area contributed by atoms with Gasteiger partial charge < -0.3 is 9.64 Å². The summed E-state index contributed by atoms with van der Waals surface area (Å²) in [6, 6.07) is 3.71. The van der Waals surface area contributed by atoms with Crippen LogP contribution in [0.2, 0.25) is 0 Å². The Kier molecular flexibility index (Phi) is 5.64. The van der Waals surface area contributed by atoms with Gasteiger partial charge in [0.05, 0.1) is 6.54 Å². The number of hydrogen-bond donors (Lipinski definition) is 1. The topological polar surface area (TPSA) is 41.6 Å². The van der Waals surface area contributed by atoms with Crippen molar-refractivity contribution in [2.75, 3.05) is 26.3 Å². The number of nitrogens with zero attached hydrogens (tertiary/aromatic N) is 1. The molecule has 2 rings (SSSR count). The lowest BCUT2D eigenvalue weighted by Crippen LogP contribution is -2.32. The number of hydrogen-bond acceptors (Lipinski definition) is 3. The van der Waals surface area contributed by atoms with E-state index in [0.717, 1.165) is 18.6 Å². The number of nitrogens with one attached hydrogen (secondary N) is 1. The van der Waals surface area contributed by atoms with E-state index in [9.17, 15) is 13.6 Å². The van der Waals surface area contributed by atoms with Crippen LogP contribution in [0.1, 0.15) is 31.5 Å². The van der Waals surface area contributed by atoms with Crippen LogP contribution in [0.15, 0.2) is 18.2 Å². The summed E-state index contributed by atoms with van der Waals surface area (Å²) in [5.41, 5.74) is 0.550. The lowest BCUT2D eigenvalue weighted by atomic mass is 10.1. The Labute approximate surface area is 123 Å². The summed E-state index contributed by atoms with van der Waals surface area (Å²) >= 11 is 0. The Morgan fingerprint density at radius 2 is 2.14 bits per heavy atom. The van der Waals surface area contributed by atoms with Crippen LogP contribution < -0.4 is 5.32 Å². The molecule has 0 bridgehead atoms. The van der Waals surface area contributed by atoms with Gasteiger partial charge in [-0.25, -0.2) is 8.78 Å². The molecule has 1 aliphatic rings. The Morgan fingerprint density at radius 1 is 1.33 bits per heavy atom. The van der Waals surface area contributed by atoms with Crippen LogP contribution in [-0.4, -0.2) is 37.1 Å². The summed E-state index contributed by atoms with van der Waals surface area (Å²) in [5, 5.41) is 3.02. The predicted octanol–water partition coefficient (Wildman–Crippen LogP) is 2.21. The van der Waals surface area contributed by atoms with Gasteiger partial charge in [0.2, 0.25) is 5.91 Å². The number of carbonyl (C=O) groups excluding carboxylic acids is 1. The van der Waals surface area contributed by atoms with Gasteiger partial charge in [-0.05, 0) is 30.5 Å². The van der Waals surface area contributed by atoms with Crippen LogP contribution >= 0.6 is 0 Å². The van der Waals surface area contributed by atoms with Gasteiger partial charge in [-0.1, -0.05) is 13.0 Å². The van der Waals surface area contributed by atoms with Crippen LogP contribution in [0.5, 0.6) is 0 Å². The van der Waals surface area contributed by atoms with Crippen molar-refractivity contribution in [2.24, 2.45) is 0 Å². The molecule has 116 valence electrons. The van der Waals surface area contributed by atoms with E-state index in [2.05, 4.69) is 5.32 Å². The Bertz CT molecular complexity index is 497. The molecule has 1 atom stereocenters. The highest BCUT2D eigenvalue weighted by Crippen LogP contribution is 2.24. The van der Waals surface area contributed by atoms with Crippen molar-refractivity contribution in [2.45, 2.75) is 25.9 Å². The van der Waals surface area contributed by atoms with Crippen LogP contribution in [0, 0.1) is 11.6 Å². The predicted molar refractivity (Wildman–Crippen MR) is 74.5 cm³/mol. The fraction of sp³-hybridized carbons (Fsp3) is 0.533. The second kappa shape index (κ2) is 7.47. The molecule has 1 unspecified atom stereocenters. The van der Waals surface area contributed by atoms with Gasteiger partial charge in [-0.2, -0.15) is 0 Å². The molecule has 1 aromatic carbocycles. The third-order valence-electron chi connectivity index (χ3n) is 3.37. The molecule has 1 heterocycles. The van der Waals surface area contributed by atoms with Crippen LogP contribution in [0.3, 0.4) is 0 Å². The highest BCUT2D eigenvalue weighted by atomic mass is 19.2. The van der Waals surface area contributed by atoms with Crippen LogP contribution in [0.25, 0.3) is 0 Å². The molecular formula is C15H20F2N2O2.